The molecule has 0 radical (unpaired) electrons. The number of carbonyl (C=O) groups is 1. The van der Waals surface area contributed by atoms with Gasteiger partial charge < -0.3 is 15.5 Å². The fourth-order valence-corrected chi connectivity index (χ4v) is 2.31. The molecule has 1 aliphatic heterocycles. The van der Waals surface area contributed by atoms with Gasteiger partial charge >= 0.3 is 0 Å². The molecular formula is C16H25N3O. The van der Waals surface area contributed by atoms with Crippen LogP contribution in [-0.2, 0) is 4.79 Å². The molecule has 4 nitrogen and oxygen atoms in total. The molecule has 1 amide bonds. The van der Waals surface area contributed by atoms with Crippen LogP contribution in [0.3, 0.4) is 0 Å². The minimum atomic E-state index is -0.564. The lowest BCUT2D eigenvalue weighted by atomic mass is 10.1. The Morgan fingerprint density at radius 1 is 1.10 bits per heavy atom. The van der Waals surface area contributed by atoms with Crippen molar-refractivity contribution in [2.75, 3.05) is 30.4 Å². The van der Waals surface area contributed by atoms with Crippen molar-refractivity contribution in [1.29, 1.82) is 0 Å². The lowest BCUT2D eigenvalue weighted by Gasteiger charge is -2.29. The van der Waals surface area contributed by atoms with Crippen LogP contribution in [0.25, 0.3) is 0 Å². The number of likely N-dealkylation sites (N-methyl/N-ethyl adjacent to an activating group) is 1. The molecular weight excluding hydrogens is 250 g/mol. The van der Waals surface area contributed by atoms with Crippen molar-refractivity contribution in [3.63, 3.8) is 0 Å². The summed E-state index contributed by atoms with van der Waals surface area (Å²) in [6.45, 7) is 6.01. The third-order valence-corrected chi connectivity index (χ3v) is 4.04. The fraction of sp³-hybridized carbons (Fsp3) is 0.562. The number of piperidine rings is 1. The van der Waals surface area contributed by atoms with Crippen molar-refractivity contribution in [1.82, 2.24) is 5.32 Å². The van der Waals surface area contributed by atoms with E-state index in [-0.39, 0.29) is 5.91 Å². The summed E-state index contributed by atoms with van der Waals surface area (Å²) in [6, 6.07) is 8.14. The lowest BCUT2D eigenvalue weighted by Crippen LogP contribution is -2.47. The average Bonchev–Trinajstić information content (AvgIpc) is 2.49. The van der Waals surface area contributed by atoms with Crippen LogP contribution in [0, 0.1) is 0 Å². The molecule has 110 valence electrons. The molecule has 1 heterocycles. The molecule has 0 aliphatic carbocycles. The van der Waals surface area contributed by atoms with Crippen LogP contribution in [0.15, 0.2) is 24.3 Å². The van der Waals surface area contributed by atoms with Crippen molar-refractivity contribution in [3.05, 3.63) is 24.3 Å². The lowest BCUT2D eigenvalue weighted by molar-refractivity contribution is -0.121. The predicted octanol–water partition coefficient (Wildman–Crippen LogP) is 2.61. The Labute approximate surface area is 121 Å². The molecule has 1 saturated heterocycles. The zero-order valence-corrected chi connectivity index (χ0v) is 12.7. The van der Waals surface area contributed by atoms with Gasteiger partial charge in [-0.1, -0.05) is 0 Å². The fourth-order valence-electron chi connectivity index (χ4n) is 2.31. The van der Waals surface area contributed by atoms with Crippen LogP contribution in [0.1, 0.15) is 33.1 Å². The van der Waals surface area contributed by atoms with Crippen LogP contribution >= 0.6 is 0 Å². The topological polar surface area (TPSA) is 44.4 Å². The standard InChI is InChI=1S/C16H25N3O/c1-16(2,17-3)15(20)18-13-7-9-14(10-8-13)19-11-5-4-6-12-19/h7-10,17H,4-6,11-12H2,1-3H3,(H,18,20). The maximum atomic E-state index is 12.1. The highest BCUT2D eigenvalue weighted by atomic mass is 16.2. The summed E-state index contributed by atoms with van der Waals surface area (Å²) in [5, 5.41) is 5.95. The number of hydrogen-bond acceptors (Lipinski definition) is 3. The monoisotopic (exact) mass is 275 g/mol. The zero-order chi connectivity index (χ0) is 14.6. The maximum absolute atomic E-state index is 12.1. The van der Waals surface area contributed by atoms with E-state index in [0.29, 0.717) is 0 Å². The molecule has 20 heavy (non-hydrogen) atoms. The number of carbonyl (C=O) groups excluding carboxylic acids is 1. The summed E-state index contributed by atoms with van der Waals surface area (Å²) in [6.07, 6.45) is 3.88. The second kappa shape index (κ2) is 6.27. The third-order valence-electron chi connectivity index (χ3n) is 4.04. The van der Waals surface area contributed by atoms with Gasteiger partial charge in [0.25, 0.3) is 0 Å². The van der Waals surface area contributed by atoms with E-state index in [9.17, 15) is 4.79 Å². The van der Waals surface area contributed by atoms with Gasteiger partial charge in [0.2, 0.25) is 5.91 Å². The minimum absolute atomic E-state index is 0.0225. The van der Waals surface area contributed by atoms with Gasteiger partial charge in [0.15, 0.2) is 0 Å². The van der Waals surface area contributed by atoms with E-state index < -0.39 is 5.54 Å². The largest absolute Gasteiger partial charge is 0.372 e. The number of rotatable bonds is 4. The summed E-state index contributed by atoms with van der Waals surface area (Å²) in [5.41, 5.74) is 1.53. The average molecular weight is 275 g/mol. The number of anilines is 2. The third kappa shape index (κ3) is 3.51. The molecule has 1 aromatic rings. The first-order chi connectivity index (χ1) is 9.53. The van der Waals surface area contributed by atoms with Gasteiger partial charge in [-0.3, -0.25) is 4.79 Å². The highest BCUT2D eigenvalue weighted by molar-refractivity contribution is 5.97. The number of nitrogens with one attached hydrogen (secondary N) is 2. The maximum Gasteiger partial charge on any atom is 0.244 e. The molecule has 0 atom stereocenters. The van der Waals surface area contributed by atoms with Crippen LogP contribution in [-0.4, -0.2) is 31.6 Å². The molecule has 2 N–H and O–H groups in total. The van der Waals surface area contributed by atoms with Gasteiger partial charge in [0.05, 0.1) is 5.54 Å². The molecule has 0 saturated carbocycles. The zero-order valence-electron chi connectivity index (χ0n) is 12.7. The van der Waals surface area contributed by atoms with Gasteiger partial charge in [-0.05, 0) is 64.4 Å². The van der Waals surface area contributed by atoms with Gasteiger partial charge in [-0.15, -0.1) is 0 Å². The van der Waals surface area contributed by atoms with Crippen molar-refractivity contribution < 1.29 is 4.79 Å². The van der Waals surface area contributed by atoms with Gasteiger partial charge in [-0.2, -0.15) is 0 Å². The Morgan fingerprint density at radius 2 is 1.70 bits per heavy atom. The van der Waals surface area contributed by atoms with Crippen LogP contribution in [0.4, 0.5) is 11.4 Å². The van der Waals surface area contributed by atoms with E-state index in [1.54, 1.807) is 7.05 Å². The van der Waals surface area contributed by atoms with Gasteiger partial charge in [-0.25, -0.2) is 0 Å². The molecule has 2 rings (SSSR count). The van der Waals surface area contributed by atoms with Gasteiger partial charge in [0, 0.05) is 24.5 Å². The van der Waals surface area contributed by atoms with Crippen molar-refractivity contribution in [2.24, 2.45) is 0 Å². The first-order valence-electron chi connectivity index (χ1n) is 7.38. The van der Waals surface area contributed by atoms with Crippen molar-refractivity contribution in [3.8, 4) is 0 Å². The first kappa shape index (κ1) is 14.9. The van der Waals surface area contributed by atoms with Crippen LogP contribution < -0.4 is 15.5 Å². The minimum Gasteiger partial charge on any atom is -0.372 e. The molecule has 1 aliphatic rings. The number of hydrogen-bond donors (Lipinski definition) is 2. The summed E-state index contributed by atoms with van der Waals surface area (Å²) in [5.74, 6) is -0.0225. The van der Waals surface area contributed by atoms with Crippen molar-refractivity contribution >= 4 is 17.3 Å². The molecule has 4 heteroatoms. The molecule has 0 aromatic heterocycles. The smallest absolute Gasteiger partial charge is 0.244 e. The van der Waals surface area contributed by atoms with Crippen molar-refractivity contribution in [2.45, 2.75) is 38.6 Å². The summed E-state index contributed by atoms with van der Waals surface area (Å²) < 4.78 is 0. The molecule has 0 bridgehead atoms. The Kier molecular flexibility index (Phi) is 4.65. The van der Waals surface area contributed by atoms with E-state index in [4.69, 9.17) is 0 Å². The summed E-state index contributed by atoms with van der Waals surface area (Å²) in [7, 11) is 1.79. The molecule has 0 unspecified atom stereocenters. The number of nitrogens with zero attached hydrogens (tertiary/aromatic N) is 1. The van der Waals surface area contributed by atoms with Crippen LogP contribution in [0.5, 0.6) is 0 Å². The Bertz CT molecular complexity index is 447. The summed E-state index contributed by atoms with van der Waals surface area (Å²) in [4.78, 5) is 14.5. The quantitative estimate of drug-likeness (QED) is 0.888. The highest BCUT2D eigenvalue weighted by Gasteiger charge is 2.25. The number of amides is 1. The molecule has 1 aromatic carbocycles. The molecule has 1 fully saturated rings. The number of benzene rings is 1. The Hall–Kier alpha value is -1.55. The Balaban J connectivity index is 1.99. The second-order valence-corrected chi connectivity index (χ2v) is 5.92. The van der Waals surface area contributed by atoms with E-state index in [1.165, 1.54) is 24.9 Å². The SMILES string of the molecule is CNC(C)(C)C(=O)Nc1ccc(N2CCCCC2)cc1. The van der Waals surface area contributed by atoms with E-state index in [2.05, 4.69) is 27.7 Å². The Morgan fingerprint density at radius 3 is 2.25 bits per heavy atom. The van der Waals surface area contributed by atoms with Gasteiger partial charge in [0.1, 0.15) is 0 Å². The summed E-state index contributed by atoms with van der Waals surface area (Å²) >= 11 is 0. The highest BCUT2D eigenvalue weighted by Crippen LogP contribution is 2.22. The normalized spacial score (nSPS) is 16.1. The van der Waals surface area contributed by atoms with E-state index >= 15 is 0 Å². The van der Waals surface area contributed by atoms with Crippen LogP contribution in [0.2, 0.25) is 0 Å². The molecule has 0 spiro atoms. The van der Waals surface area contributed by atoms with E-state index in [0.717, 1.165) is 18.8 Å². The predicted molar refractivity (Wildman–Crippen MR) is 84.3 cm³/mol. The van der Waals surface area contributed by atoms with E-state index in [1.807, 2.05) is 26.0 Å². The first-order valence-corrected chi connectivity index (χ1v) is 7.38. The second-order valence-electron chi connectivity index (χ2n) is 5.92.